The zero-order valence-electron chi connectivity index (χ0n) is 16.7. The quantitative estimate of drug-likeness (QED) is 0.522. The first kappa shape index (κ1) is 21.1. The second-order valence-corrected chi connectivity index (χ2v) is 7.93. The van der Waals surface area contributed by atoms with Gasteiger partial charge < -0.3 is 21.1 Å². The Bertz CT molecular complexity index is 1000. The van der Waals surface area contributed by atoms with Crippen molar-refractivity contribution in [1.29, 1.82) is 5.41 Å². The van der Waals surface area contributed by atoms with Crippen molar-refractivity contribution in [3.8, 4) is 17.0 Å². The van der Waals surface area contributed by atoms with Gasteiger partial charge in [0.15, 0.2) is 5.82 Å². The predicted molar refractivity (Wildman–Crippen MR) is 112 cm³/mol. The van der Waals surface area contributed by atoms with Crippen molar-refractivity contribution < 1.29 is 18.3 Å². The number of anilines is 1. The Labute approximate surface area is 177 Å². The first-order valence-corrected chi connectivity index (χ1v) is 9.95. The minimum absolute atomic E-state index is 0.0203. The lowest BCUT2D eigenvalue weighted by Crippen LogP contribution is -2.50. The van der Waals surface area contributed by atoms with E-state index in [1.807, 2.05) is 4.90 Å². The number of nitrogens with one attached hydrogen (secondary N) is 2. The lowest BCUT2D eigenvalue weighted by atomic mass is 10.0. The number of phenols is 1. The van der Waals surface area contributed by atoms with Gasteiger partial charge in [0.25, 0.3) is 0 Å². The number of halogens is 3. The average Bonchev–Trinajstić information content (AvgIpc) is 3.39. The van der Waals surface area contributed by atoms with Gasteiger partial charge in [0.2, 0.25) is 0 Å². The number of benzene rings is 1. The predicted octanol–water partition coefficient (Wildman–Crippen LogP) is 3.06. The highest BCUT2D eigenvalue weighted by molar-refractivity contribution is 6.08. The molecule has 0 spiro atoms. The third-order valence-electron chi connectivity index (χ3n) is 5.88. The van der Waals surface area contributed by atoms with Crippen LogP contribution in [0.2, 0.25) is 0 Å². The van der Waals surface area contributed by atoms with E-state index in [-0.39, 0.29) is 24.6 Å². The smallest absolute Gasteiger partial charge is 0.406 e. The van der Waals surface area contributed by atoms with Gasteiger partial charge in [0.05, 0.1) is 5.69 Å². The normalized spacial score (nSPS) is 20.7. The molecule has 1 unspecified atom stereocenters. The number of rotatable bonds is 6. The van der Waals surface area contributed by atoms with Crippen LogP contribution in [0.3, 0.4) is 0 Å². The summed E-state index contributed by atoms with van der Waals surface area (Å²) in [6.07, 6.45) is -0.973. The number of hydrogen-bond acceptors (Lipinski definition) is 7. The Morgan fingerprint density at radius 3 is 2.58 bits per heavy atom. The molecule has 10 heteroatoms. The first-order chi connectivity index (χ1) is 14.8. The van der Waals surface area contributed by atoms with E-state index < -0.39 is 11.7 Å². The van der Waals surface area contributed by atoms with Crippen LogP contribution in [0.25, 0.3) is 16.8 Å². The van der Waals surface area contributed by atoms with Crippen molar-refractivity contribution >= 4 is 17.6 Å². The SMILES string of the molecule is N=CC(=CN)c1ccc(-c2ccc(N3CCC(NC4(C(F)(F)F)CC4)C3)nn2)c(O)c1. The van der Waals surface area contributed by atoms with E-state index in [1.165, 1.54) is 12.3 Å². The number of phenolic OH excluding ortho intramolecular Hbond substituents is 1. The fourth-order valence-electron chi connectivity index (χ4n) is 3.90. The summed E-state index contributed by atoms with van der Waals surface area (Å²) in [6.45, 7) is 1.03. The van der Waals surface area contributed by atoms with Crippen LogP contribution in [0.4, 0.5) is 19.0 Å². The van der Waals surface area contributed by atoms with E-state index in [2.05, 4.69) is 15.5 Å². The average molecular weight is 432 g/mol. The summed E-state index contributed by atoms with van der Waals surface area (Å²) in [5, 5.41) is 28.9. The van der Waals surface area contributed by atoms with Gasteiger partial charge >= 0.3 is 6.18 Å². The molecule has 1 saturated carbocycles. The maximum absolute atomic E-state index is 13.2. The van der Waals surface area contributed by atoms with Crippen molar-refractivity contribution in [2.24, 2.45) is 5.73 Å². The fourth-order valence-corrected chi connectivity index (χ4v) is 3.90. The Kier molecular flexibility index (Phi) is 5.34. The largest absolute Gasteiger partial charge is 0.507 e. The van der Waals surface area contributed by atoms with Crippen LogP contribution in [0.15, 0.2) is 36.5 Å². The van der Waals surface area contributed by atoms with E-state index in [0.29, 0.717) is 47.7 Å². The Morgan fingerprint density at radius 2 is 2.03 bits per heavy atom. The zero-order chi connectivity index (χ0) is 22.2. The number of nitrogens with zero attached hydrogens (tertiary/aromatic N) is 3. The van der Waals surface area contributed by atoms with Crippen molar-refractivity contribution in [2.45, 2.75) is 37.0 Å². The Hall–Kier alpha value is -3.14. The summed E-state index contributed by atoms with van der Waals surface area (Å²) in [5.74, 6) is 0.561. The van der Waals surface area contributed by atoms with Crippen molar-refractivity contribution in [3.05, 3.63) is 42.1 Å². The lowest BCUT2D eigenvalue weighted by Gasteiger charge is -2.25. The van der Waals surface area contributed by atoms with Crippen molar-refractivity contribution in [1.82, 2.24) is 15.5 Å². The number of alkyl halides is 3. The van der Waals surface area contributed by atoms with Gasteiger partial charge in [-0.3, -0.25) is 5.32 Å². The summed E-state index contributed by atoms with van der Waals surface area (Å²) >= 11 is 0. The van der Waals surface area contributed by atoms with Gasteiger partial charge in [-0.25, -0.2) is 0 Å². The van der Waals surface area contributed by atoms with Crippen LogP contribution < -0.4 is 16.0 Å². The van der Waals surface area contributed by atoms with Crippen LogP contribution in [0, 0.1) is 5.41 Å². The highest BCUT2D eigenvalue weighted by atomic mass is 19.4. The second kappa shape index (κ2) is 7.84. The summed E-state index contributed by atoms with van der Waals surface area (Å²) in [7, 11) is 0. The van der Waals surface area contributed by atoms with Crippen molar-refractivity contribution in [3.63, 3.8) is 0 Å². The molecule has 1 aliphatic heterocycles. The molecule has 0 bridgehead atoms. The Morgan fingerprint density at radius 1 is 1.26 bits per heavy atom. The summed E-state index contributed by atoms with van der Waals surface area (Å²) in [4.78, 5) is 1.91. The summed E-state index contributed by atoms with van der Waals surface area (Å²) in [5.41, 5.74) is 5.77. The summed E-state index contributed by atoms with van der Waals surface area (Å²) < 4.78 is 39.5. The molecule has 1 saturated heterocycles. The maximum Gasteiger partial charge on any atom is 0.406 e. The molecule has 1 atom stereocenters. The number of allylic oxidation sites excluding steroid dienone is 1. The molecule has 7 nitrogen and oxygen atoms in total. The molecule has 0 radical (unpaired) electrons. The Balaban J connectivity index is 1.44. The van der Waals surface area contributed by atoms with E-state index in [9.17, 15) is 18.3 Å². The lowest BCUT2D eigenvalue weighted by molar-refractivity contribution is -0.167. The van der Waals surface area contributed by atoms with E-state index in [4.69, 9.17) is 11.1 Å². The molecule has 5 N–H and O–H groups in total. The van der Waals surface area contributed by atoms with Gasteiger partial charge in [0.1, 0.15) is 11.3 Å². The first-order valence-electron chi connectivity index (χ1n) is 9.95. The molecular weight excluding hydrogens is 409 g/mol. The van der Waals surface area contributed by atoms with Gasteiger partial charge in [-0.1, -0.05) is 6.07 Å². The second-order valence-electron chi connectivity index (χ2n) is 7.93. The highest BCUT2D eigenvalue weighted by Crippen LogP contribution is 2.49. The molecular formula is C21H23F3N6O. The van der Waals surface area contributed by atoms with Crippen LogP contribution in [-0.2, 0) is 0 Å². The zero-order valence-corrected chi connectivity index (χ0v) is 16.7. The third kappa shape index (κ3) is 4.07. The van der Waals surface area contributed by atoms with Crippen LogP contribution in [-0.4, -0.2) is 52.4 Å². The monoisotopic (exact) mass is 432 g/mol. The topological polar surface area (TPSA) is 111 Å². The van der Waals surface area contributed by atoms with E-state index in [1.54, 1.807) is 24.3 Å². The molecule has 1 aromatic heterocycles. The van der Waals surface area contributed by atoms with Gasteiger partial charge in [-0.15, -0.1) is 10.2 Å². The highest BCUT2D eigenvalue weighted by Gasteiger charge is 2.64. The van der Waals surface area contributed by atoms with E-state index in [0.717, 1.165) is 6.21 Å². The number of hydrogen-bond donors (Lipinski definition) is 4. The molecule has 2 aliphatic rings. The number of aromatic nitrogens is 2. The molecule has 4 rings (SSSR count). The third-order valence-corrected chi connectivity index (χ3v) is 5.88. The maximum atomic E-state index is 13.2. The van der Waals surface area contributed by atoms with Gasteiger partial charge in [-0.2, -0.15) is 13.2 Å². The summed E-state index contributed by atoms with van der Waals surface area (Å²) in [6, 6.07) is 8.10. The molecule has 31 heavy (non-hydrogen) atoms. The molecule has 0 amide bonds. The fraction of sp³-hybridized carbons (Fsp3) is 0.381. The number of aromatic hydroxyl groups is 1. The van der Waals surface area contributed by atoms with E-state index >= 15 is 0 Å². The van der Waals surface area contributed by atoms with Gasteiger partial charge in [0, 0.05) is 42.7 Å². The standard InChI is InChI=1S/C21H23F3N6O/c22-21(23,24)20(6-7-20)27-15-5-8-30(12-15)19-4-3-17(28-29-19)16-2-1-13(9-18(16)31)14(10-25)11-26/h1-4,9-11,15,25,27,31H,5-8,12,26H2. The molecule has 1 aromatic carbocycles. The van der Waals surface area contributed by atoms with Crippen LogP contribution in [0.5, 0.6) is 5.75 Å². The number of nitrogens with two attached hydrogens (primary N) is 1. The molecule has 1 aliphatic carbocycles. The van der Waals surface area contributed by atoms with Gasteiger partial charge in [-0.05, 0) is 49.1 Å². The van der Waals surface area contributed by atoms with Crippen LogP contribution in [0.1, 0.15) is 24.8 Å². The van der Waals surface area contributed by atoms with Crippen molar-refractivity contribution in [2.75, 3.05) is 18.0 Å². The molecule has 2 heterocycles. The minimum atomic E-state index is -4.22. The minimum Gasteiger partial charge on any atom is -0.507 e. The molecule has 2 aromatic rings. The van der Waals surface area contributed by atoms with Crippen LogP contribution >= 0.6 is 0 Å². The molecule has 164 valence electrons. The molecule has 2 fully saturated rings.